The van der Waals surface area contributed by atoms with Crippen molar-refractivity contribution in [3.05, 3.63) is 65.7 Å². The van der Waals surface area contributed by atoms with Gasteiger partial charge in [0, 0.05) is 0 Å². The SMILES string of the molecule is Fc1ccc([N-]c2ccccc2)cc1.[Br-].[Mg+2]. The van der Waals surface area contributed by atoms with Crippen molar-refractivity contribution >= 4 is 34.4 Å². The third kappa shape index (κ3) is 4.51. The Morgan fingerprint density at radius 1 is 0.750 bits per heavy atom. The first-order chi connectivity index (χ1) is 6.84. The molecule has 0 saturated carbocycles. The van der Waals surface area contributed by atoms with Crippen LogP contribution in [0.1, 0.15) is 0 Å². The molecule has 0 amide bonds. The molecule has 0 unspecified atom stereocenters. The third-order valence-corrected chi connectivity index (χ3v) is 1.84. The van der Waals surface area contributed by atoms with Crippen LogP contribution in [0.3, 0.4) is 0 Å². The Bertz CT molecular complexity index is 405. The van der Waals surface area contributed by atoms with Gasteiger partial charge in [-0.1, -0.05) is 42.5 Å². The van der Waals surface area contributed by atoms with Crippen molar-refractivity contribution in [3.63, 3.8) is 0 Å². The van der Waals surface area contributed by atoms with Crippen molar-refractivity contribution in [3.8, 4) is 0 Å². The summed E-state index contributed by atoms with van der Waals surface area (Å²) in [5, 5.41) is 4.32. The molecule has 0 bridgehead atoms. The quantitative estimate of drug-likeness (QED) is 0.726. The van der Waals surface area contributed by atoms with Gasteiger partial charge in [0.2, 0.25) is 0 Å². The number of halogens is 2. The number of para-hydroxylation sites is 1. The summed E-state index contributed by atoms with van der Waals surface area (Å²) < 4.78 is 12.6. The van der Waals surface area contributed by atoms with Gasteiger partial charge in [-0.2, -0.15) is 0 Å². The van der Waals surface area contributed by atoms with Crippen molar-refractivity contribution in [2.24, 2.45) is 0 Å². The molecule has 78 valence electrons. The van der Waals surface area contributed by atoms with Crippen molar-refractivity contribution in [1.82, 2.24) is 0 Å². The van der Waals surface area contributed by atoms with E-state index in [1.807, 2.05) is 30.3 Å². The van der Waals surface area contributed by atoms with Gasteiger partial charge in [-0.05, 0) is 12.1 Å². The number of nitrogens with zero attached hydrogens (tertiary/aromatic N) is 1. The maximum absolute atomic E-state index is 12.6. The summed E-state index contributed by atoms with van der Waals surface area (Å²) in [6, 6.07) is 15.7. The van der Waals surface area contributed by atoms with E-state index in [0.29, 0.717) is 0 Å². The molecule has 0 fully saturated rings. The molecule has 2 aromatic rings. The van der Waals surface area contributed by atoms with E-state index < -0.39 is 0 Å². The van der Waals surface area contributed by atoms with Crippen LogP contribution in [-0.4, -0.2) is 23.1 Å². The minimum absolute atomic E-state index is 0. The minimum atomic E-state index is -0.239. The van der Waals surface area contributed by atoms with Crippen LogP contribution >= 0.6 is 0 Å². The van der Waals surface area contributed by atoms with E-state index >= 15 is 0 Å². The molecule has 1 nitrogen and oxygen atoms in total. The number of benzene rings is 2. The molecule has 0 N–H and O–H groups in total. The smallest absolute Gasteiger partial charge is 1.00 e. The Morgan fingerprint density at radius 3 is 1.81 bits per heavy atom. The average Bonchev–Trinajstić information content (AvgIpc) is 2.23. The molecule has 0 aromatic heterocycles. The molecule has 0 saturated heterocycles. The summed E-state index contributed by atoms with van der Waals surface area (Å²) in [7, 11) is 0. The molecule has 2 rings (SSSR count). The van der Waals surface area contributed by atoms with Gasteiger partial charge in [0.05, 0.1) is 0 Å². The molecule has 0 aliphatic heterocycles. The summed E-state index contributed by atoms with van der Waals surface area (Å²) in [5.41, 5.74) is 1.64. The fraction of sp³-hybridized carbons (Fsp3) is 0. The maximum atomic E-state index is 12.6. The summed E-state index contributed by atoms with van der Waals surface area (Å²) >= 11 is 0. The zero-order chi connectivity index (χ0) is 9.80. The second-order valence-electron chi connectivity index (χ2n) is 2.92. The van der Waals surface area contributed by atoms with Crippen LogP contribution in [0.15, 0.2) is 54.6 Å². The van der Waals surface area contributed by atoms with Crippen molar-refractivity contribution in [2.75, 3.05) is 0 Å². The molecule has 0 spiro atoms. The fourth-order valence-corrected chi connectivity index (χ4v) is 1.17. The standard InChI is InChI=1S/C12H9FN.BrH.Mg/c13-10-6-8-12(9-7-10)14-11-4-2-1-3-5-11;;/h1-9H;1H;/q-1;;+2/p-1. The monoisotopic (exact) mass is 289 g/mol. The van der Waals surface area contributed by atoms with Crippen LogP contribution in [0.2, 0.25) is 0 Å². The van der Waals surface area contributed by atoms with E-state index in [4.69, 9.17) is 0 Å². The van der Waals surface area contributed by atoms with Gasteiger partial charge in [-0.15, -0.1) is 11.4 Å². The Morgan fingerprint density at radius 2 is 1.25 bits per heavy atom. The molecule has 0 aliphatic carbocycles. The van der Waals surface area contributed by atoms with Gasteiger partial charge in [0.15, 0.2) is 0 Å². The number of hydrogen-bond acceptors (Lipinski definition) is 0. The van der Waals surface area contributed by atoms with E-state index in [-0.39, 0.29) is 45.9 Å². The largest absolute Gasteiger partial charge is 2.00 e. The van der Waals surface area contributed by atoms with Gasteiger partial charge in [0.25, 0.3) is 0 Å². The molecule has 0 aliphatic rings. The predicted molar refractivity (Wildman–Crippen MR) is 61.3 cm³/mol. The van der Waals surface area contributed by atoms with Gasteiger partial charge in [-0.25, -0.2) is 4.39 Å². The second-order valence-corrected chi connectivity index (χ2v) is 2.92. The summed E-state index contributed by atoms with van der Waals surface area (Å²) in [5.74, 6) is -0.239. The Kier molecular flexibility index (Phi) is 7.37. The summed E-state index contributed by atoms with van der Waals surface area (Å²) in [4.78, 5) is 0. The predicted octanol–water partition coefficient (Wildman–Crippen LogP) is 0.786. The van der Waals surface area contributed by atoms with Crippen LogP contribution in [-0.2, 0) is 0 Å². The van der Waals surface area contributed by atoms with Crippen molar-refractivity contribution < 1.29 is 21.4 Å². The average molecular weight is 290 g/mol. The van der Waals surface area contributed by atoms with Crippen LogP contribution < -0.4 is 17.0 Å². The number of rotatable bonds is 2. The fourth-order valence-electron chi connectivity index (χ4n) is 1.17. The zero-order valence-corrected chi connectivity index (χ0v) is 11.6. The minimum Gasteiger partial charge on any atom is -1.00 e. The summed E-state index contributed by atoms with van der Waals surface area (Å²) in [6.07, 6.45) is 0. The van der Waals surface area contributed by atoms with Crippen LogP contribution in [0.25, 0.3) is 5.32 Å². The van der Waals surface area contributed by atoms with Gasteiger partial charge in [-0.3, -0.25) is 0 Å². The normalized spacial score (nSPS) is 8.56. The Labute approximate surface area is 121 Å². The Hall–Kier alpha value is -0.584. The van der Waals surface area contributed by atoms with Crippen LogP contribution in [0.4, 0.5) is 15.8 Å². The van der Waals surface area contributed by atoms with E-state index in [0.717, 1.165) is 11.4 Å². The summed E-state index contributed by atoms with van der Waals surface area (Å²) in [6.45, 7) is 0. The van der Waals surface area contributed by atoms with Gasteiger partial charge >= 0.3 is 23.1 Å². The zero-order valence-electron chi connectivity index (χ0n) is 8.61. The second kappa shape index (κ2) is 7.65. The Balaban J connectivity index is 0.00000112. The van der Waals surface area contributed by atoms with Gasteiger partial charge in [0.1, 0.15) is 5.82 Å². The van der Waals surface area contributed by atoms with Crippen LogP contribution in [0, 0.1) is 5.82 Å². The topological polar surface area (TPSA) is 14.1 Å². The molecule has 0 heterocycles. The molecule has 0 radical (unpaired) electrons. The van der Waals surface area contributed by atoms with Crippen molar-refractivity contribution in [2.45, 2.75) is 0 Å². The van der Waals surface area contributed by atoms with E-state index in [9.17, 15) is 4.39 Å². The van der Waals surface area contributed by atoms with Gasteiger partial charge < -0.3 is 22.3 Å². The molecule has 4 heteroatoms. The van der Waals surface area contributed by atoms with E-state index in [1.54, 1.807) is 12.1 Å². The third-order valence-electron chi connectivity index (χ3n) is 1.84. The van der Waals surface area contributed by atoms with Crippen molar-refractivity contribution in [1.29, 1.82) is 0 Å². The molecular formula is C12H9BrFMgN. The first-order valence-corrected chi connectivity index (χ1v) is 4.37. The molecule has 16 heavy (non-hydrogen) atoms. The molecule has 0 atom stereocenters. The molecular weight excluding hydrogens is 281 g/mol. The van der Waals surface area contributed by atoms with E-state index in [1.165, 1.54) is 12.1 Å². The van der Waals surface area contributed by atoms with E-state index in [2.05, 4.69) is 5.32 Å². The maximum Gasteiger partial charge on any atom is 2.00 e. The molecule has 2 aromatic carbocycles. The first kappa shape index (κ1) is 15.4. The number of hydrogen-bond donors (Lipinski definition) is 0. The van der Waals surface area contributed by atoms with Crippen LogP contribution in [0.5, 0.6) is 0 Å². The first-order valence-electron chi connectivity index (χ1n) is 4.37.